The third kappa shape index (κ3) is 3.17. The highest BCUT2D eigenvalue weighted by atomic mass is 32.1. The van der Waals surface area contributed by atoms with Gasteiger partial charge in [0.05, 0.1) is 11.1 Å². The van der Waals surface area contributed by atoms with Crippen molar-refractivity contribution in [3.8, 4) is 11.8 Å². The molecular weight excluding hydrogens is 200 g/mol. The second-order valence-electron chi connectivity index (χ2n) is 2.39. The molecule has 1 aromatic heterocycles. The van der Waals surface area contributed by atoms with Gasteiger partial charge >= 0.3 is 0 Å². The predicted octanol–water partition coefficient (Wildman–Crippen LogP) is 0.835. The van der Waals surface area contributed by atoms with Crippen LogP contribution in [0, 0.1) is 11.8 Å². The fourth-order valence-corrected chi connectivity index (χ4v) is 1.43. The average molecular weight is 210 g/mol. The van der Waals surface area contributed by atoms with Crippen LogP contribution in [0.1, 0.15) is 18.2 Å². The van der Waals surface area contributed by atoms with Crippen molar-refractivity contribution in [1.29, 1.82) is 0 Å². The third-order valence-corrected chi connectivity index (χ3v) is 2.19. The summed E-state index contributed by atoms with van der Waals surface area (Å²) in [6, 6.07) is 0. The van der Waals surface area contributed by atoms with E-state index in [1.165, 1.54) is 11.3 Å². The molecule has 0 spiro atoms. The van der Waals surface area contributed by atoms with Crippen LogP contribution in [-0.4, -0.2) is 22.6 Å². The number of aliphatic hydroxyl groups excluding tert-OH is 1. The van der Waals surface area contributed by atoms with Crippen LogP contribution in [0.2, 0.25) is 0 Å². The Morgan fingerprint density at radius 1 is 1.79 bits per heavy atom. The Morgan fingerprint density at radius 3 is 3.21 bits per heavy atom. The third-order valence-electron chi connectivity index (χ3n) is 1.36. The van der Waals surface area contributed by atoms with Crippen molar-refractivity contribution in [3.05, 3.63) is 11.1 Å². The number of aromatic nitrogens is 1. The summed E-state index contributed by atoms with van der Waals surface area (Å²) in [5.74, 6) is 5.15. The number of carbonyl (C=O) groups excluding carboxylic acids is 1. The molecule has 0 radical (unpaired) electrons. The van der Waals surface area contributed by atoms with Crippen molar-refractivity contribution >= 4 is 22.4 Å². The second-order valence-corrected chi connectivity index (χ2v) is 3.42. The molecule has 74 valence electrons. The van der Waals surface area contributed by atoms with Crippen LogP contribution < -0.4 is 5.32 Å². The van der Waals surface area contributed by atoms with E-state index in [9.17, 15) is 4.79 Å². The smallest absolute Gasteiger partial charge is 0.225 e. The van der Waals surface area contributed by atoms with Gasteiger partial charge in [-0.2, -0.15) is 0 Å². The molecule has 0 atom stereocenters. The topological polar surface area (TPSA) is 62.2 Å². The number of anilines is 1. The molecule has 0 bridgehead atoms. The SMILES string of the molecule is CCC(=O)Nc1ncc(C#CCO)s1. The van der Waals surface area contributed by atoms with Crippen LogP contribution in [0.25, 0.3) is 0 Å². The fraction of sp³-hybridized carbons (Fsp3) is 0.333. The molecule has 0 aliphatic carbocycles. The molecule has 0 aliphatic heterocycles. The van der Waals surface area contributed by atoms with Crippen LogP contribution in [0.3, 0.4) is 0 Å². The first-order valence-corrected chi connectivity index (χ1v) is 4.93. The average Bonchev–Trinajstić information content (AvgIpc) is 2.62. The quantitative estimate of drug-likeness (QED) is 0.711. The van der Waals surface area contributed by atoms with Gasteiger partial charge in [-0.3, -0.25) is 4.79 Å². The van der Waals surface area contributed by atoms with Gasteiger partial charge in [-0.1, -0.05) is 30.1 Å². The number of thiazole rings is 1. The van der Waals surface area contributed by atoms with Gasteiger partial charge in [-0.05, 0) is 0 Å². The van der Waals surface area contributed by atoms with Gasteiger partial charge in [-0.25, -0.2) is 4.98 Å². The van der Waals surface area contributed by atoms with Gasteiger partial charge in [-0.15, -0.1) is 0 Å². The molecule has 0 saturated carbocycles. The molecule has 0 aromatic carbocycles. The van der Waals surface area contributed by atoms with Gasteiger partial charge < -0.3 is 10.4 Å². The maximum Gasteiger partial charge on any atom is 0.225 e. The van der Waals surface area contributed by atoms with Crippen molar-refractivity contribution < 1.29 is 9.90 Å². The van der Waals surface area contributed by atoms with Gasteiger partial charge in [0.15, 0.2) is 5.13 Å². The Balaban J connectivity index is 2.64. The minimum absolute atomic E-state index is 0.0685. The maximum absolute atomic E-state index is 11.0. The monoisotopic (exact) mass is 210 g/mol. The van der Waals surface area contributed by atoms with E-state index in [1.807, 2.05) is 0 Å². The normalized spacial score (nSPS) is 9.00. The van der Waals surface area contributed by atoms with Gasteiger partial charge in [0.2, 0.25) is 5.91 Å². The summed E-state index contributed by atoms with van der Waals surface area (Å²) in [6.07, 6.45) is 2.00. The lowest BCUT2D eigenvalue weighted by molar-refractivity contribution is -0.115. The highest BCUT2D eigenvalue weighted by Crippen LogP contribution is 2.16. The van der Waals surface area contributed by atoms with Gasteiger partial charge in [0, 0.05) is 6.42 Å². The van der Waals surface area contributed by atoms with Crippen molar-refractivity contribution in [1.82, 2.24) is 4.98 Å². The lowest BCUT2D eigenvalue weighted by Crippen LogP contribution is -2.08. The van der Waals surface area contributed by atoms with Crippen molar-refractivity contribution in [3.63, 3.8) is 0 Å². The van der Waals surface area contributed by atoms with E-state index in [0.29, 0.717) is 11.6 Å². The molecule has 1 aromatic rings. The van der Waals surface area contributed by atoms with Crippen LogP contribution in [0.15, 0.2) is 6.20 Å². The summed E-state index contributed by atoms with van der Waals surface area (Å²) in [6.45, 7) is 1.60. The standard InChI is InChI=1S/C9H10N2O2S/c1-2-8(13)11-9-10-6-7(14-9)4-3-5-12/h6,12H,2,5H2,1H3,(H,10,11,13). The fourth-order valence-electron chi connectivity index (χ4n) is 0.724. The molecular formula is C9H10N2O2S. The van der Waals surface area contributed by atoms with Crippen LogP contribution >= 0.6 is 11.3 Å². The number of nitrogens with one attached hydrogen (secondary N) is 1. The Kier molecular flexibility index (Phi) is 4.11. The zero-order valence-electron chi connectivity index (χ0n) is 7.70. The molecule has 1 rings (SSSR count). The van der Waals surface area contributed by atoms with E-state index < -0.39 is 0 Å². The van der Waals surface area contributed by atoms with Crippen LogP contribution in [0.4, 0.5) is 5.13 Å². The van der Waals surface area contributed by atoms with Crippen molar-refractivity contribution in [2.24, 2.45) is 0 Å². The van der Waals surface area contributed by atoms with Crippen LogP contribution in [0.5, 0.6) is 0 Å². The summed E-state index contributed by atoms with van der Waals surface area (Å²) in [7, 11) is 0. The van der Waals surface area contributed by atoms with E-state index in [0.717, 1.165) is 4.88 Å². The van der Waals surface area contributed by atoms with E-state index >= 15 is 0 Å². The van der Waals surface area contributed by atoms with E-state index in [1.54, 1.807) is 13.1 Å². The Morgan fingerprint density at radius 2 is 2.57 bits per heavy atom. The number of nitrogens with zero attached hydrogens (tertiary/aromatic N) is 1. The van der Waals surface area contributed by atoms with Crippen molar-refractivity contribution in [2.45, 2.75) is 13.3 Å². The zero-order chi connectivity index (χ0) is 10.4. The first-order valence-electron chi connectivity index (χ1n) is 4.11. The molecule has 1 heterocycles. The number of aliphatic hydroxyl groups is 1. The molecule has 4 nitrogen and oxygen atoms in total. The Hall–Kier alpha value is -1.38. The van der Waals surface area contributed by atoms with E-state index in [4.69, 9.17) is 5.11 Å². The number of hydrogen-bond donors (Lipinski definition) is 2. The van der Waals surface area contributed by atoms with E-state index in [2.05, 4.69) is 22.1 Å². The van der Waals surface area contributed by atoms with Gasteiger partial charge in [0.1, 0.15) is 6.61 Å². The van der Waals surface area contributed by atoms with E-state index in [-0.39, 0.29) is 12.5 Å². The van der Waals surface area contributed by atoms with Crippen LogP contribution in [-0.2, 0) is 4.79 Å². The molecule has 5 heteroatoms. The minimum Gasteiger partial charge on any atom is -0.384 e. The number of amides is 1. The molecule has 0 fully saturated rings. The summed E-state index contributed by atoms with van der Waals surface area (Å²) < 4.78 is 0. The lowest BCUT2D eigenvalue weighted by Gasteiger charge is -1.95. The zero-order valence-corrected chi connectivity index (χ0v) is 8.52. The highest BCUT2D eigenvalue weighted by molar-refractivity contribution is 7.16. The number of rotatable bonds is 2. The second kappa shape index (κ2) is 5.37. The molecule has 2 N–H and O–H groups in total. The number of carbonyl (C=O) groups is 1. The molecule has 1 amide bonds. The molecule has 0 aliphatic rings. The summed E-state index contributed by atoms with van der Waals surface area (Å²) >= 11 is 1.29. The maximum atomic E-state index is 11.0. The Bertz CT molecular complexity index is 376. The molecule has 0 saturated heterocycles. The summed E-state index contributed by atoms with van der Waals surface area (Å²) in [5, 5.41) is 11.6. The molecule has 0 unspecified atom stereocenters. The highest BCUT2D eigenvalue weighted by Gasteiger charge is 2.02. The summed E-state index contributed by atoms with van der Waals surface area (Å²) in [4.78, 5) is 15.7. The van der Waals surface area contributed by atoms with Crippen molar-refractivity contribution in [2.75, 3.05) is 11.9 Å². The predicted molar refractivity (Wildman–Crippen MR) is 55.0 cm³/mol. The lowest BCUT2D eigenvalue weighted by atomic mass is 10.5. The Labute approximate surface area is 86.0 Å². The molecule has 14 heavy (non-hydrogen) atoms. The van der Waals surface area contributed by atoms with Gasteiger partial charge in [0.25, 0.3) is 0 Å². The largest absolute Gasteiger partial charge is 0.384 e. The summed E-state index contributed by atoms with van der Waals surface area (Å²) in [5.41, 5.74) is 0. The number of hydrogen-bond acceptors (Lipinski definition) is 4. The first kappa shape index (κ1) is 10.7. The first-order chi connectivity index (χ1) is 6.76. The minimum atomic E-state index is -0.172.